The number of nitro benzene ring substituents is 1. The van der Waals surface area contributed by atoms with Gasteiger partial charge in [-0.3, -0.25) is 24.3 Å². The molecule has 1 atom stereocenters. The van der Waals surface area contributed by atoms with E-state index in [9.17, 15) is 19.7 Å². The van der Waals surface area contributed by atoms with Crippen molar-refractivity contribution in [2.45, 2.75) is 25.9 Å². The molecule has 0 fully saturated rings. The zero-order valence-electron chi connectivity index (χ0n) is 15.6. The molecule has 8 nitrogen and oxygen atoms in total. The fourth-order valence-corrected chi connectivity index (χ4v) is 3.00. The van der Waals surface area contributed by atoms with Crippen molar-refractivity contribution in [1.29, 1.82) is 0 Å². The number of benzene rings is 2. The summed E-state index contributed by atoms with van der Waals surface area (Å²) >= 11 is 0. The molecule has 1 amide bonds. The molecular weight excluding hydrogens is 360 g/mol. The second-order valence-electron chi connectivity index (χ2n) is 6.54. The highest BCUT2D eigenvalue weighted by Crippen LogP contribution is 2.23. The highest BCUT2D eigenvalue weighted by atomic mass is 16.6. The lowest BCUT2D eigenvalue weighted by Crippen LogP contribution is -2.31. The van der Waals surface area contributed by atoms with Gasteiger partial charge in [0.15, 0.2) is 0 Å². The van der Waals surface area contributed by atoms with Gasteiger partial charge in [-0.05, 0) is 24.6 Å². The molecule has 1 heterocycles. The predicted octanol–water partition coefficient (Wildman–Crippen LogP) is 2.91. The van der Waals surface area contributed by atoms with Crippen molar-refractivity contribution >= 4 is 22.5 Å². The molecule has 3 aromatic rings. The summed E-state index contributed by atoms with van der Waals surface area (Å²) in [6, 6.07) is 13.0. The molecule has 28 heavy (non-hydrogen) atoms. The number of aromatic nitrogens is 2. The molecule has 0 aliphatic rings. The van der Waals surface area contributed by atoms with Gasteiger partial charge in [0.05, 0.1) is 28.2 Å². The number of hydrogen-bond donors (Lipinski definition) is 0. The van der Waals surface area contributed by atoms with E-state index in [1.54, 1.807) is 44.3 Å². The van der Waals surface area contributed by atoms with Crippen LogP contribution in [0.2, 0.25) is 0 Å². The Labute approximate surface area is 161 Å². The fraction of sp³-hybridized carbons (Fsp3) is 0.250. The number of nitrogens with zero attached hydrogens (tertiary/aromatic N) is 4. The maximum atomic E-state index is 12.6. The average Bonchev–Trinajstić information content (AvgIpc) is 2.72. The van der Waals surface area contributed by atoms with Gasteiger partial charge < -0.3 is 4.90 Å². The third-order valence-electron chi connectivity index (χ3n) is 4.84. The summed E-state index contributed by atoms with van der Waals surface area (Å²) in [4.78, 5) is 41.3. The van der Waals surface area contributed by atoms with Gasteiger partial charge in [-0.2, -0.15) is 0 Å². The number of carbonyl (C=O) groups is 1. The second-order valence-corrected chi connectivity index (χ2v) is 6.54. The molecule has 0 saturated carbocycles. The molecule has 0 aliphatic carbocycles. The van der Waals surface area contributed by atoms with Crippen LogP contribution in [0.25, 0.3) is 10.9 Å². The molecule has 0 radical (unpaired) electrons. The summed E-state index contributed by atoms with van der Waals surface area (Å²) in [6.07, 6.45) is 1.57. The van der Waals surface area contributed by atoms with Gasteiger partial charge in [0, 0.05) is 32.1 Å². The van der Waals surface area contributed by atoms with Crippen LogP contribution in [0.5, 0.6) is 0 Å². The van der Waals surface area contributed by atoms with Gasteiger partial charge in [0.1, 0.15) is 0 Å². The lowest BCUT2D eigenvalue weighted by molar-refractivity contribution is -0.384. The van der Waals surface area contributed by atoms with Gasteiger partial charge in [0.2, 0.25) is 5.91 Å². The Balaban J connectivity index is 1.71. The zero-order valence-corrected chi connectivity index (χ0v) is 15.6. The number of aryl methyl sites for hydroxylation is 1. The van der Waals surface area contributed by atoms with E-state index in [1.165, 1.54) is 27.9 Å². The lowest BCUT2D eigenvalue weighted by Gasteiger charge is -2.25. The number of amides is 1. The Hall–Kier alpha value is -3.55. The minimum absolute atomic E-state index is 0.0148. The first-order valence-electron chi connectivity index (χ1n) is 8.82. The summed E-state index contributed by atoms with van der Waals surface area (Å²) in [7, 11) is 1.65. The third kappa shape index (κ3) is 3.90. The Morgan fingerprint density at radius 3 is 2.75 bits per heavy atom. The van der Waals surface area contributed by atoms with Crippen LogP contribution in [-0.4, -0.2) is 32.3 Å². The van der Waals surface area contributed by atoms with Gasteiger partial charge in [0.25, 0.3) is 11.2 Å². The predicted molar refractivity (Wildman–Crippen MR) is 105 cm³/mol. The Morgan fingerprint density at radius 2 is 2.00 bits per heavy atom. The van der Waals surface area contributed by atoms with Crippen molar-refractivity contribution in [3.63, 3.8) is 0 Å². The summed E-state index contributed by atoms with van der Waals surface area (Å²) < 4.78 is 1.42. The van der Waals surface area contributed by atoms with Crippen LogP contribution in [0.15, 0.2) is 59.7 Å². The number of para-hydroxylation sites is 1. The van der Waals surface area contributed by atoms with Gasteiger partial charge in [-0.25, -0.2) is 4.98 Å². The summed E-state index contributed by atoms with van der Waals surface area (Å²) in [5.41, 5.74) is 1.09. The van der Waals surface area contributed by atoms with Crippen LogP contribution < -0.4 is 5.56 Å². The van der Waals surface area contributed by atoms with Crippen LogP contribution in [0.4, 0.5) is 5.69 Å². The van der Waals surface area contributed by atoms with E-state index in [0.717, 1.165) is 0 Å². The first-order valence-corrected chi connectivity index (χ1v) is 8.82. The molecule has 0 spiro atoms. The van der Waals surface area contributed by atoms with Crippen molar-refractivity contribution < 1.29 is 9.72 Å². The third-order valence-corrected chi connectivity index (χ3v) is 4.84. The van der Waals surface area contributed by atoms with Crippen molar-refractivity contribution in [2.24, 2.45) is 0 Å². The number of non-ortho nitro benzene ring substituents is 1. The molecule has 0 aliphatic heterocycles. The Kier molecular flexibility index (Phi) is 5.49. The van der Waals surface area contributed by atoms with Crippen LogP contribution in [0.1, 0.15) is 24.9 Å². The van der Waals surface area contributed by atoms with Crippen LogP contribution in [0, 0.1) is 10.1 Å². The maximum Gasteiger partial charge on any atom is 0.269 e. The van der Waals surface area contributed by atoms with E-state index in [2.05, 4.69) is 4.98 Å². The summed E-state index contributed by atoms with van der Waals surface area (Å²) in [5, 5.41) is 11.5. The number of hydrogen-bond acceptors (Lipinski definition) is 5. The van der Waals surface area contributed by atoms with Gasteiger partial charge in [-0.15, -0.1) is 0 Å². The smallest absolute Gasteiger partial charge is 0.269 e. The Morgan fingerprint density at radius 1 is 1.25 bits per heavy atom. The topological polar surface area (TPSA) is 98.3 Å². The monoisotopic (exact) mass is 380 g/mol. The van der Waals surface area contributed by atoms with Crippen molar-refractivity contribution in [3.8, 4) is 0 Å². The van der Waals surface area contributed by atoms with E-state index in [0.29, 0.717) is 16.5 Å². The largest absolute Gasteiger partial charge is 0.339 e. The van der Waals surface area contributed by atoms with E-state index in [4.69, 9.17) is 0 Å². The second kappa shape index (κ2) is 7.99. The van der Waals surface area contributed by atoms with E-state index < -0.39 is 4.92 Å². The quantitative estimate of drug-likeness (QED) is 0.484. The highest BCUT2D eigenvalue weighted by molar-refractivity contribution is 5.77. The summed E-state index contributed by atoms with van der Waals surface area (Å²) in [5.74, 6) is -0.168. The SMILES string of the molecule is C[C@H](c1cccc([N+](=O)[O-])c1)N(C)C(=O)CCn1cnc2ccccc2c1=O. The molecule has 1 aromatic heterocycles. The molecule has 3 rings (SSSR count). The molecule has 8 heteroatoms. The van der Waals surface area contributed by atoms with Crippen LogP contribution in [0.3, 0.4) is 0 Å². The molecule has 144 valence electrons. The minimum atomic E-state index is -0.461. The van der Waals surface area contributed by atoms with Crippen molar-refractivity contribution in [1.82, 2.24) is 14.5 Å². The average molecular weight is 380 g/mol. The van der Waals surface area contributed by atoms with Crippen LogP contribution in [-0.2, 0) is 11.3 Å². The van der Waals surface area contributed by atoms with E-state index in [-0.39, 0.29) is 36.2 Å². The van der Waals surface area contributed by atoms with Crippen molar-refractivity contribution in [3.05, 3.63) is 80.9 Å². The van der Waals surface area contributed by atoms with E-state index in [1.807, 2.05) is 6.07 Å². The molecule has 0 saturated heterocycles. The number of fused-ring (bicyclic) bond motifs is 1. The molecule has 0 unspecified atom stereocenters. The van der Waals surface area contributed by atoms with E-state index >= 15 is 0 Å². The minimum Gasteiger partial charge on any atom is -0.339 e. The fourth-order valence-electron chi connectivity index (χ4n) is 3.00. The first kappa shape index (κ1) is 19.2. The summed E-state index contributed by atoms with van der Waals surface area (Å²) in [6.45, 7) is 2.02. The normalized spacial score (nSPS) is 11.9. The van der Waals surface area contributed by atoms with Crippen LogP contribution >= 0.6 is 0 Å². The maximum absolute atomic E-state index is 12.6. The van der Waals surface area contributed by atoms with Gasteiger partial charge >= 0.3 is 0 Å². The molecule has 2 aromatic carbocycles. The molecule has 0 bridgehead atoms. The molecule has 0 N–H and O–H groups in total. The first-order chi connectivity index (χ1) is 13.4. The van der Waals surface area contributed by atoms with Crippen molar-refractivity contribution in [2.75, 3.05) is 7.05 Å². The molecular formula is C20H20N4O4. The standard InChI is InChI=1S/C20H20N4O4/c1-14(15-6-5-7-16(12-15)24(27)28)22(2)19(25)10-11-23-13-21-18-9-4-3-8-17(18)20(23)26/h3-9,12-14H,10-11H2,1-2H3/t14-/m1/s1. The lowest BCUT2D eigenvalue weighted by atomic mass is 10.1. The Bertz CT molecular complexity index is 1090. The number of nitro groups is 1. The number of rotatable bonds is 6. The number of carbonyl (C=O) groups excluding carboxylic acids is 1. The highest BCUT2D eigenvalue weighted by Gasteiger charge is 2.19. The zero-order chi connectivity index (χ0) is 20.3. The van der Waals surface area contributed by atoms with Gasteiger partial charge in [-0.1, -0.05) is 24.3 Å².